The number of aliphatic hydroxyl groups is 1. The van der Waals surface area contributed by atoms with Crippen LogP contribution >= 0.6 is 0 Å². The zero-order chi connectivity index (χ0) is 31.4. The molecule has 4 nitrogen and oxygen atoms in total. The summed E-state index contributed by atoms with van der Waals surface area (Å²) >= 11 is 0. The summed E-state index contributed by atoms with van der Waals surface area (Å²) in [6, 6.07) is 19.3. The first-order chi connectivity index (χ1) is 21.3. The number of hydrogen-bond donors (Lipinski definition) is 1. The van der Waals surface area contributed by atoms with Crippen LogP contribution in [0.15, 0.2) is 60.7 Å². The molecular formula is C39H58O4Si. The second-order valence-electron chi connectivity index (χ2n) is 14.3. The van der Waals surface area contributed by atoms with Gasteiger partial charge in [-0.2, -0.15) is 0 Å². The molecule has 2 saturated carbocycles. The third kappa shape index (κ3) is 10.1. The molecule has 5 heteroatoms. The Labute approximate surface area is 268 Å². The molecule has 0 atom stereocenters. The summed E-state index contributed by atoms with van der Waals surface area (Å²) in [4.78, 5) is 11.5. The van der Waals surface area contributed by atoms with Crippen LogP contribution in [-0.4, -0.2) is 39.0 Å². The highest BCUT2D eigenvalue weighted by Gasteiger charge is 2.37. The van der Waals surface area contributed by atoms with E-state index in [1.807, 2.05) is 0 Å². The molecule has 0 saturated heterocycles. The summed E-state index contributed by atoms with van der Waals surface area (Å²) in [6.07, 6.45) is 17.0. The van der Waals surface area contributed by atoms with Crippen molar-refractivity contribution in [3.63, 3.8) is 0 Å². The molecule has 2 fully saturated rings. The van der Waals surface area contributed by atoms with E-state index in [1.54, 1.807) is 0 Å². The van der Waals surface area contributed by atoms with Gasteiger partial charge in [-0.05, 0) is 97.1 Å². The topological polar surface area (TPSA) is 55.8 Å². The van der Waals surface area contributed by atoms with Gasteiger partial charge in [-0.3, -0.25) is 0 Å². The lowest BCUT2D eigenvalue weighted by Crippen LogP contribution is -2.36. The van der Waals surface area contributed by atoms with E-state index in [-0.39, 0.29) is 12.2 Å². The zero-order valence-corrected chi connectivity index (χ0v) is 28.8. The van der Waals surface area contributed by atoms with Crippen LogP contribution in [0.5, 0.6) is 5.75 Å². The van der Waals surface area contributed by atoms with E-state index in [0.717, 1.165) is 48.3 Å². The molecule has 0 amide bonds. The number of esters is 1. The van der Waals surface area contributed by atoms with Gasteiger partial charge in [-0.1, -0.05) is 108 Å². The van der Waals surface area contributed by atoms with Gasteiger partial charge < -0.3 is 14.6 Å². The van der Waals surface area contributed by atoms with Gasteiger partial charge in [0.1, 0.15) is 5.75 Å². The summed E-state index contributed by atoms with van der Waals surface area (Å²) in [7, 11) is -1.03. The van der Waals surface area contributed by atoms with E-state index < -0.39 is 14.0 Å². The third-order valence-corrected chi connectivity index (χ3v) is 15.3. The maximum absolute atomic E-state index is 11.5. The number of benzene rings is 2. The van der Waals surface area contributed by atoms with Crippen LogP contribution in [-0.2, 0) is 9.53 Å². The third-order valence-electron chi connectivity index (χ3n) is 10.8. The minimum atomic E-state index is -1.03. The van der Waals surface area contributed by atoms with Crippen molar-refractivity contribution < 1.29 is 19.4 Å². The van der Waals surface area contributed by atoms with Crippen molar-refractivity contribution in [2.24, 2.45) is 11.8 Å². The molecule has 242 valence electrons. The van der Waals surface area contributed by atoms with Crippen LogP contribution in [0.3, 0.4) is 0 Å². The molecule has 0 spiro atoms. The molecule has 4 rings (SSSR count). The van der Waals surface area contributed by atoms with Crippen molar-refractivity contribution >= 4 is 14.0 Å². The lowest BCUT2D eigenvalue weighted by Gasteiger charge is -2.42. The van der Waals surface area contributed by atoms with E-state index >= 15 is 0 Å². The first-order valence-corrected chi connectivity index (χ1v) is 20.9. The molecule has 2 aliphatic carbocycles. The fourth-order valence-corrected chi connectivity index (χ4v) is 11.3. The molecule has 0 unspecified atom stereocenters. The van der Waals surface area contributed by atoms with Gasteiger partial charge in [0.05, 0.1) is 33.5 Å². The van der Waals surface area contributed by atoms with Gasteiger partial charge in [0.25, 0.3) is 0 Å². The number of carbonyl (C=O) groups is 1. The van der Waals surface area contributed by atoms with Gasteiger partial charge in [-0.25, -0.2) is 4.79 Å². The van der Waals surface area contributed by atoms with Gasteiger partial charge in [0.15, 0.2) is 0 Å². The van der Waals surface area contributed by atoms with Gasteiger partial charge in [-0.15, -0.1) is 0 Å². The fraction of sp³-hybridized carbons (Fsp3) is 0.615. The molecule has 44 heavy (non-hydrogen) atoms. The van der Waals surface area contributed by atoms with Gasteiger partial charge in [0, 0.05) is 0 Å². The van der Waals surface area contributed by atoms with E-state index in [9.17, 15) is 4.79 Å². The van der Waals surface area contributed by atoms with Gasteiger partial charge in [0.2, 0.25) is 0 Å². The van der Waals surface area contributed by atoms with Crippen LogP contribution in [0, 0.1) is 11.8 Å². The summed E-state index contributed by atoms with van der Waals surface area (Å²) in [6.45, 7) is 11.8. The molecular weight excluding hydrogens is 561 g/mol. The Morgan fingerprint density at radius 2 is 1.36 bits per heavy atom. The smallest absolute Gasteiger partial charge is 0.335 e. The molecule has 0 aromatic heterocycles. The van der Waals surface area contributed by atoms with E-state index in [1.165, 1.54) is 86.9 Å². The molecule has 1 N–H and O–H groups in total. The van der Waals surface area contributed by atoms with Crippen LogP contribution in [0.25, 0.3) is 11.1 Å². The van der Waals surface area contributed by atoms with E-state index in [4.69, 9.17) is 14.6 Å². The van der Waals surface area contributed by atoms with Crippen LogP contribution in [0.4, 0.5) is 0 Å². The molecule has 0 radical (unpaired) electrons. The largest absolute Gasteiger partial charge is 0.494 e. The number of ether oxygens (including phenoxy) is 2. The number of aliphatic hydroxyl groups excluding tert-OH is 1. The Balaban J connectivity index is 1.14. The zero-order valence-electron chi connectivity index (χ0n) is 27.8. The first-order valence-electron chi connectivity index (χ1n) is 17.6. The number of rotatable bonds is 16. The Bertz CT molecular complexity index is 1140. The van der Waals surface area contributed by atoms with Crippen LogP contribution < -0.4 is 4.74 Å². The quantitative estimate of drug-likeness (QED) is 0.0880. The average molecular weight is 619 g/mol. The average Bonchev–Trinajstić information content (AvgIpc) is 3.07. The minimum absolute atomic E-state index is 0.0934. The highest BCUT2D eigenvalue weighted by atomic mass is 28.3. The second-order valence-corrected chi connectivity index (χ2v) is 19.6. The molecule has 0 heterocycles. The highest BCUT2D eigenvalue weighted by molar-refractivity contribution is 6.78. The van der Waals surface area contributed by atoms with E-state index in [0.29, 0.717) is 13.2 Å². The summed E-state index contributed by atoms with van der Waals surface area (Å²) in [5.74, 6) is 3.04. The Hall–Kier alpha value is -2.37. The monoisotopic (exact) mass is 618 g/mol. The lowest BCUT2D eigenvalue weighted by atomic mass is 9.70. The molecule has 2 aromatic rings. The fourth-order valence-electron chi connectivity index (χ4n) is 7.73. The summed E-state index contributed by atoms with van der Waals surface area (Å²) in [5, 5.41) is 8.89. The van der Waals surface area contributed by atoms with E-state index in [2.05, 4.69) is 75.1 Å². The maximum Gasteiger partial charge on any atom is 0.335 e. The number of unbranched alkanes of at least 4 members (excludes halogenated alkanes) is 3. The van der Waals surface area contributed by atoms with Crippen molar-refractivity contribution in [1.82, 2.24) is 0 Å². The lowest BCUT2D eigenvalue weighted by molar-refractivity contribution is -0.139. The predicted octanol–water partition coefficient (Wildman–Crippen LogP) is 10.3. The normalized spacial score (nSPS) is 22.4. The van der Waals surface area contributed by atoms with Crippen molar-refractivity contribution in [2.45, 2.75) is 121 Å². The summed E-state index contributed by atoms with van der Waals surface area (Å²) < 4.78 is 11.0. The van der Waals surface area contributed by atoms with Crippen LogP contribution in [0.1, 0.15) is 102 Å². The second kappa shape index (κ2) is 17.4. The first kappa shape index (κ1) is 34.5. The SMILES string of the molecule is C=C(CO)C(=O)OCCCCCOc1ccc(-c2ccc(C3CCC(C4CCC([Si](C)(C)CCCC)CC4)CC3)cc2)cc1. The maximum atomic E-state index is 11.5. The molecule has 2 aromatic carbocycles. The number of carbonyl (C=O) groups excluding carboxylic acids is 1. The van der Waals surface area contributed by atoms with Crippen molar-refractivity contribution in [2.75, 3.05) is 19.8 Å². The standard InChI is InChI=1S/C39H58O4Si/c1-5-6-28-44(3,4)38-24-20-36(21-25-38)34-16-12-32(13-17-34)31-10-14-33(15-11-31)35-18-22-37(23-19-35)42-26-8-7-9-27-43-39(41)30(2)29-40/h10-11,14-15,18-19,22-23,32,34,36,38,40H,2,5-9,12-13,16-17,20-21,24-29H2,1,3-4H3. The minimum Gasteiger partial charge on any atom is -0.494 e. The van der Waals surface area contributed by atoms with Crippen molar-refractivity contribution in [1.29, 1.82) is 0 Å². The highest BCUT2D eigenvalue weighted by Crippen LogP contribution is 2.48. The Morgan fingerprint density at radius 1 is 0.795 bits per heavy atom. The molecule has 0 aliphatic heterocycles. The van der Waals surface area contributed by atoms with Crippen LogP contribution in [0.2, 0.25) is 24.7 Å². The Kier molecular flexibility index (Phi) is 13.6. The van der Waals surface area contributed by atoms with Gasteiger partial charge >= 0.3 is 5.97 Å². The Morgan fingerprint density at radius 3 is 1.95 bits per heavy atom. The van der Waals surface area contributed by atoms with Crippen molar-refractivity contribution in [3.8, 4) is 16.9 Å². The molecule has 2 aliphatic rings. The number of hydrogen-bond acceptors (Lipinski definition) is 4. The molecule has 0 bridgehead atoms. The van der Waals surface area contributed by atoms with Crippen molar-refractivity contribution in [3.05, 3.63) is 66.2 Å². The predicted molar refractivity (Wildman–Crippen MR) is 186 cm³/mol. The summed E-state index contributed by atoms with van der Waals surface area (Å²) in [5.41, 5.74) is 5.17.